The lowest BCUT2D eigenvalue weighted by Crippen LogP contribution is -2.06. The maximum absolute atomic E-state index is 11.4. The Labute approximate surface area is 148 Å². The van der Waals surface area contributed by atoms with E-state index in [1.807, 2.05) is 6.07 Å². The molecule has 3 rings (SSSR count). The molecule has 0 heterocycles. The second-order valence-corrected chi connectivity index (χ2v) is 5.49. The lowest BCUT2D eigenvalue weighted by Gasteiger charge is -2.10. The third-order valence-electron chi connectivity index (χ3n) is 3.63. The fourth-order valence-electron chi connectivity index (χ4n) is 2.49. The second kappa shape index (κ2) is 6.98. The van der Waals surface area contributed by atoms with Gasteiger partial charge in [-0.3, -0.25) is 14.9 Å². The number of nitro benzene ring substituents is 1. The molecule has 0 unspecified atom stereocenters. The van der Waals surface area contributed by atoms with Crippen LogP contribution in [0.5, 0.6) is 5.75 Å². The first-order valence-corrected chi connectivity index (χ1v) is 7.64. The van der Waals surface area contributed by atoms with Gasteiger partial charge in [0.2, 0.25) is 5.91 Å². The molecule has 0 atom stereocenters. The quantitative estimate of drug-likeness (QED) is 0.398. The number of non-ortho nitro benzene ring substituents is 1. The number of hydrogen-bond acceptors (Lipinski definition) is 6. The van der Waals surface area contributed by atoms with Crippen molar-refractivity contribution in [2.75, 3.05) is 5.32 Å². The number of amides is 1. The molecule has 0 fully saturated rings. The minimum absolute atomic E-state index is 0.0510. The van der Waals surface area contributed by atoms with Gasteiger partial charge in [-0.25, -0.2) is 0 Å². The molecule has 2 N–H and O–H groups in total. The van der Waals surface area contributed by atoms with Crippen molar-refractivity contribution in [2.24, 2.45) is 10.2 Å². The van der Waals surface area contributed by atoms with Crippen molar-refractivity contribution in [3.63, 3.8) is 0 Å². The number of phenols is 1. The van der Waals surface area contributed by atoms with Crippen LogP contribution in [0.2, 0.25) is 0 Å². The topological polar surface area (TPSA) is 117 Å². The predicted molar refractivity (Wildman–Crippen MR) is 97.2 cm³/mol. The number of nitro groups is 1. The van der Waals surface area contributed by atoms with Gasteiger partial charge in [-0.2, -0.15) is 5.11 Å². The first kappa shape index (κ1) is 17.0. The Morgan fingerprint density at radius 1 is 1.08 bits per heavy atom. The van der Waals surface area contributed by atoms with Gasteiger partial charge in [0.1, 0.15) is 11.4 Å². The highest BCUT2D eigenvalue weighted by Crippen LogP contribution is 2.40. The van der Waals surface area contributed by atoms with Crippen molar-refractivity contribution in [1.82, 2.24) is 0 Å². The summed E-state index contributed by atoms with van der Waals surface area (Å²) in [6.45, 7) is 1.39. The molecule has 1 amide bonds. The Kier molecular flexibility index (Phi) is 4.57. The molecule has 0 saturated carbocycles. The van der Waals surface area contributed by atoms with Crippen LogP contribution >= 0.6 is 0 Å². The fraction of sp³-hybridized carbons (Fsp3) is 0.0556. The van der Waals surface area contributed by atoms with Crippen molar-refractivity contribution >= 4 is 39.4 Å². The number of aromatic hydroxyl groups is 1. The van der Waals surface area contributed by atoms with Gasteiger partial charge in [-0.05, 0) is 29.7 Å². The summed E-state index contributed by atoms with van der Waals surface area (Å²) in [6, 6.07) is 14.1. The summed E-state index contributed by atoms with van der Waals surface area (Å²) in [5.41, 5.74) is 1.04. The van der Waals surface area contributed by atoms with E-state index in [0.717, 1.165) is 5.39 Å². The van der Waals surface area contributed by atoms with Crippen molar-refractivity contribution < 1.29 is 14.8 Å². The number of carbonyl (C=O) groups is 1. The van der Waals surface area contributed by atoms with Crippen LogP contribution in [0, 0.1) is 10.1 Å². The Hall–Kier alpha value is -3.81. The number of nitrogens with one attached hydrogen (secondary N) is 1. The van der Waals surface area contributed by atoms with Crippen LogP contribution in [0.1, 0.15) is 6.92 Å². The summed E-state index contributed by atoms with van der Waals surface area (Å²) in [4.78, 5) is 21.6. The van der Waals surface area contributed by atoms with E-state index in [9.17, 15) is 20.0 Å². The van der Waals surface area contributed by atoms with Crippen molar-refractivity contribution in [1.29, 1.82) is 0 Å². The molecule has 3 aromatic carbocycles. The lowest BCUT2D eigenvalue weighted by atomic mass is 10.1. The first-order chi connectivity index (χ1) is 12.5. The van der Waals surface area contributed by atoms with E-state index in [1.165, 1.54) is 37.3 Å². The minimum atomic E-state index is -0.503. The fourth-order valence-corrected chi connectivity index (χ4v) is 2.49. The molecule has 3 aromatic rings. The summed E-state index contributed by atoms with van der Waals surface area (Å²) < 4.78 is 0. The van der Waals surface area contributed by atoms with Crippen molar-refractivity contribution in [3.8, 4) is 5.75 Å². The van der Waals surface area contributed by atoms with E-state index in [2.05, 4.69) is 15.5 Å². The number of anilines is 1. The Balaban J connectivity index is 2.07. The summed E-state index contributed by atoms with van der Waals surface area (Å²) in [5, 5.41) is 33.1. The number of benzene rings is 3. The second-order valence-electron chi connectivity index (χ2n) is 5.49. The first-order valence-electron chi connectivity index (χ1n) is 7.64. The molecular weight excluding hydrogens is 336 g/mol. The predicted octanol–water partition coefficient (Wildman–Crippen LogP) is 4.83. The summed E-state index contributed by atoms with van der Waals surface area (Å²) in [6.07, 6.45) is 0. The van der Waals surface area contributed by atoms with E-state index in [0.29, 0.717) is 16.8 Å². The van der Waals surface area contributed by atoms with E-state index >= 15 is 0 Å². The number of fused-ring (bicyclic) bond motifs is 1. The van der Waals surface area contributed by atoms with Gasteiger partial charge in [0.05, 0.1) is 16.3 Å². The number of rotatable bonds is 4. The monoisotopic (exact) mass is 350 g/mol. The lowest BCUT2D eigenvalue weighted by molar-refractivity contribution is -0.384. The van der Waals surface area contributed by atoms with Crippen LogP contribution < -0.4 is 5.32 Å². The van der Waals surface area contributed by atoms with Gasteiger partial charge in [0, 0.05) is 24.4 Å². The molecule has 8 nitrogen and oxygen atoms in total. The molecule has 0 spiro atoms. The van der Waals surface area contributed by atoms with Gasteiger partial charge in [-0.15, -0.1) is 5.11 Å². The molecule has 0 bridgehead atoms. The molecule has 0 aliphatic rings. The van der Waals surface area contributed by atoms with Crippen LogP contribution in [-0.4, -0.2) is 15.9 Å². The van der Waals surface area contributed by atoms with Crippen LogP contribution in [-0.2, 0) is 4.79 Å². The zero-order chi connectivity index (χ0) is 18.7. The van der Waals surface area contributed by atoms with E-state index in [1.54, 1.807) is 18.2 Å². The van der Waals surface area contributed by atoms with E-state index < -0.39 is 4.92 Å². The highest BCUT2D eigenvalue weighted by molar-refractivity contribution is 6.08. The van der Waals surface area contributed by atoms with Crippen molar-refractivity contribution in [2.45, 2.75) is 6.92 Å². The van der Waals surface area contributed by atoms with E-state index in [4.69, 9.17) is 0 Å². The Morgan fingerprint density at radius 3 is 2.46 bits per heavy atom. The molecular formula is C18H14N4O4. The standard InChI is InChI=1S/C18H14N4O4/c1-11(23)19-15-4-2-3-12-5-10-16(24)18(17(12)15)21-20-13-6-8-14(9-7-13)22(25)26/h2-10,24H,1H3,(H,19,23). The van der Waals surface area contributed by atoms with Gasteiger partial charge in [0.15, 0.2) is 0 Å². The molecule has 0 saturated heterocycles. The van der Waals surface area contributed by atoms with Gasteiger partial charge in [-0.1, -0.05) is 18.2 Å². The summed E-state index contributed by atoms with van der Waals surface area (Å²) >= 11 is 0. The van der Waals surface area contributed by atoms with Gasteiger partial charge < -0.3 is 10.4 Å². The maximum atomic E-state index is 11.4. The molecule has 0 aliphatic heterocycles. The molecule has 130 valence electrons. The smallest absolute Gasteiger partial charge is 0.269 e. The van der Waals surface area contributed by atoms with Crippen LogP contribution in [0.15, 0.2) is 64.8 Å². The zero-order valence-corrected chi connectivity index (χ0v) is 13.7. The number of phenolic OH excluding ortho intramolecular Hbond substituents is 1. The largest absolute Gasteiger partial charge is 0.506 e. The molecule has 26 heavy (non-hydrogen) atoms. The van der Waals surface area contributed by atoms with Gasteiger partial charge >= 0.3 is 0 Å². The number of carbonyl (C=O) groups excluding carboxylic acids is 1. The number of nitrogens with zero attached hydrogens (tertiary/aromatic N) is 3. The average Bonchev–Trinajstić information content (AvgIpc) is 2.61. The molecule has 0 radical (unpaired) electrons. The maximum Gasteiger partial charge on any atom is 0.269 e. The Bertz CT molecular complexity index is 1030. The summed E-state index contributed by atoms with van der Waals surface area (Å²) in [5.74, 6) is -0.347. The van der Waals surface area contributed by atoms with Crippen LogP contribution in [0.4, 0.5) is 22.7 Å². The molecule has 8 heteroatoms. The van der Waals surface area contributed by atoms with Gasteiger partial charge in [0.25, 0.3) is 5.69 Å². The zero-order valence-electron chi connectivity index (χ0n) is 13.7. The highest BCUT2D eigenvalue weighted by atomic mass is 16.6. The van der Waals surface area contributed by atoms with Crippen molar-refractivity contribution in [3.05, 3.63) is 64.7 Å². The highest BCUT2D eigenvalue weighted by Gasteiger charge is 2.12. The third kappa shape index (κ3) is 3.48. The average molecular weight is 350 g/mol. The Morgan fingerprint density at radius 2 is 1.81 bits per heavy atom. The SMILES string of the molecule is CC(=O)Nc1cccc2ccc(O)c(N=Nc3ccc([N+](=O)[O-])cc3)c12. The number of hydrogen-bond donors (Lipinski definition) is 2. The van der Waals surface area contributed by atoms with E-state index in [-0.39, 0.29) is 23.0 Å². The summed E-state index contributed by atoms with van der Waals surface area (Å²) in [7, 11) is 0. The van der Waals surface area contributed by atoms with Crippen LogP contribution in [0.3, 0.4) is 0 Å². The molecule has 0 aliphatic carbocycles. The normalized spacial score (nSPS) is 11.0. The van der Waals surface area contributed by atoms with Crippen LogP contribution in [0.25, 0.3) is 10.8 Å². The third-order valence-corrected chi connectivity index (χ3v) is 3.63. The molecule has 0 aromatic heterocycles. The number of azo groups is 1. The minimum Gasteiger partial charge on any atom is -0.506 e.